The molecular weight excluding hydrogens is 969 g/mol. The number of carboxylic acid groups (broad SMARTS) is 1. The van der Waals surface area contributed by atoms with Crippen LogP contribution >= 0.6 is 30.7 Å². The van der Waals surface area contributed by atoms with Crippen molar-refractivity contribution < 1.29 is 29.7 Å². The number of hydroxylamine groups is 1. The summed E-state index contributed by atoms with van der Waals surface area (Å²) in [6.45, 7) is 11.5. The van der Waals surface area contributed by atoms with Gasteiger partial charge in [0.25, 0.3) is 5.69 Å². The molecular formula is C55H63ClN7O7PS. The molecule has 9 rings (SSSR count). The van der Waals surface area contributed by atoms with Gasteiger partial charge in [-0.05, 0) is 124 Å². The zero-order chi connectivity index (χ0) is 50.7. The number of piperidine rings is 1. The first-order valence-corrected chi connectivity index (χ1v) is 27.9. The van der Waals surface area contributed by atoms with E-state index in [2.05, 4.69) is 50.6 Å². The van der Waals surface area contributed by atoms with Crippen molar-refractivity contribution in [2.24, 2.45) is 0 Å². The van der Waals surface area contributed by atoms with Crippen molar-refractivity contribution in [1.82, 2.24) is 14.3 Å². The van der Waals surface area contributed by atoms with Crippen molar-refractivity contribution in [1.29, 1.82) is 0 Å². The zero-order valence-corrected chi connectivity index (χ0v) is 43.4. The summed E-state index contributed by atoms with van der Waals surface area (Å²) in [6, 6.07) is 38.3. The number of anilines is 3. The molecule has 0 radical (unpaired) electrons. The van der Waals surface area contributed by atoms with Crippen molar-refractivity contribution >= 4 is 64.7 Å². The van der Waals surface area contributed by atoms with Crippen LogP contribution < -0.4 is 20.4 Å². The van der Waals surface area contributed by atoms with Crippen molar-refractivity contribution in [3.05, 3.63) is 153 Å². The topological polar surface area (TPSA) is 168 Å². The molecule has 0 saturated carbocycles. The molecule has 0 spiro atoms. The molecule has 3 saturated heterocycles. The quantitative estimate of drug-likeness (QED) is 0.0295. The van der Waals surface area contributed by atoms with E-state index in [1.807, 2.05) is 97.9 Å². The molecule has 3 atom stereocenters. The average molecular weight is 1030 g/mol. The van der Waals surface area contributed by atoms with Crippen LogP contribution in [-0.2, 0) is 4.57 Å². The highest BCUT2D eigenvalue weighted by molar-refractivity contribution is 7.99. The lowest BCUT2D eigenvalue weighted by atomic mass is 9.96. The molecule has 3 fully saturated rings. The number of nitro groups is 1. The number of nitro benzene ring substituents is 1. The molecule has 4 heterocycles. The van der Waals surface area contributed by atoms with Crippen molar-refractivity contribution in [2.75, 3.05) is 73.2 Å². The van der Waals surface area contributed by atoms with Crippen LogP contribution in [0.2, 0.25) is 5.02 Å². The number of aromatic carboxylic acids is 1. The van der Waals surface area contributed by atoms with E-state index in [-0.39, 0.29) is 41.3 Å². The summed E-state index contributed by atoms with van der Waals surface area (Å²) in [5.74, 6) is -0.305. The lowest BCUT2D eigenvalue weighted by Crippen LogP contribution is -2.46. The van der Waals surface area contributed by atoms with Gasteiger partial charge in [-0.15, -0.1) is 16.6 Å². The summed E-state index contributed by atoms with van der Waals surface area (Å²) >= 11 is 7.97. The van der Waals surface area contributed by atoms with Gasteiger partial charge in [-0.1, -0.05) is 66.2 Å². The van der Waals surface area contributed by atoms with Crippen molar-refractivity contribution in [3.63, 3.8) is 0 Å². The van der Waals surface area contributed by atoms with Gasteiger partial charge in [0.05, 0.1) is 27.9 Å². The molecule has 5 aromatic carbocycles. The van der Waals surface area contributed by atoms with E-state index in [9.17, 15) is 30.3 Å². The van der Waals surface area contributed by atoms with Crippen LogP contribution in [-0.4, -0.2) is 111 Å². The Hall–Kier alpha value is -5.64. The number of nitrogens with one attached hydrogen (secondary N) is 1. The SMILES string of the molecule is Cc1c(C(=O)O)c(-c2cccc(N3CCN(c4ccc(C5CCN(O)P5(=O)c5ccc(N[C@H](CCN6CCC(O)CC6)CSc6ccccc6)c([N+](=O)[O-])c5)cc4)CC3)c2)c(-c2ccc(Cl)cc2)n1C(C)C. The molecule has 378 valence electrons. The number of carboxylic acids is 1. The molecule has 3 aliphatic rings. The fourth-order valence-corrected chi connectivity index (χ4v) is 14.9. The van der Waals surface area contributed by atoms with E-state index < -0.39 is 23.8 Å². The number of carbonyl (C=O) groups is 1. The Kier molecular flexibility index (Phi) is 15.8. The second-order valence-electron chi connectivity index (χ2n) is 19.4. The summed E-state index contributed by atoms with van der Waals surface area (Å²) in [7, 11) is -3.74. The highest BCUT2D eigenvalue weighted by Gasteiger charge is 2.47. The number of hydrogen-bond acceptors (Lipinski definition) is 11. The number of likely N-dealkylation sites (tertiary alicyclic amines) is 1. The minimum Gasteiger partial charge on any atom is -0.478 e. The van der Waals surface area contributed by atoms with Gasteiger partial charge in [-0.3, -0.25) is 14.7 Å². The number of thioether (sulfide) groups is 1. The molecule has 72 heavy (non-hydrogen) atoms. The van der Waals surface area contributed by atoms with Crippen LogP contribution in [0, 0.1) is 17.0 Å². The van der Waals surface area contributed by atoms with Gasteiger partial charge in [-0.25, -0.2) is 4.79 Å². The highest BCUT2D eigenvalue weighted by Crippen LogP contribution is 2.66. The van der Waals surface area contributed by atoms with Gasteiger partial charge in [-0.2, -0.15) is 0 Å². The fourth-order valence-electron chi connectivity index (χ4n) is 10.8. The van der Waals surface area contributed by atoms with E-state index in [0.29, 0.717) is 34.1 Å². The van der Waals surface area contributed by atoms with Crippen LogP contribution in [0.25, 0.3) is 22.4 Å². The number of aromatic nitrogens is 1. The third-order valence-electron chi connectivity index (χ3n) is 14.5. The molecule has 3 aliphatic heterocycles. The van der Waals surface area contributed by atoms with Crippen LogP contribution in [0.4, 0.5) is 22.7 Å². The summed E-state index contributed by atoms with van der Waals surface area (Å²) < 4.78 is 17.3. The molecule has 1 aromatic heterocycles. The van der Waals surface area contributed by atoms with Gasteiger partial charge >= 0.3 is 5.97 Å². The maximum absolute atomic E-state index is 15.2. The molecule has 0 amide bonds. The Morgan fingerprint density at radius 3 is 2.17 bits per heavy atom. The fraction of sp³-hybridized carbons (Fsp3) is 0.364. The van der Waals surface area contributed by atoms with Crippen LogP contribution in [0.15, 0.2) is 126 Å². The van der Waals surface area contributed by atoms with E-state index in [0.717, 1.165) is 109 Å². The van der Waals surface area contributed by atoms with Crippen LogP contribution in [0.3, 0.4) is 0 Å². The number of hydrogen-bond donors (Lipinski definition) is 4. The molecule has 0 bridgehead atoms. The Morgan fingerprint density at radius 2 is 1.51 bits per heavy atom. The smallest absolute Gasteiger partial charge is 0.338 e. The third kappa shape index (κ3) is 10.8. The number of aliphatic hydroxyl groups is 1. The lowest BCUT2D eigenvalue weighted by Gasteiger charge is -2.37. The van der Waals surface area contributed by atoms with Crippen LogP contribution in [0.1, 0.15) is 72.8 Å². The number of halogens is 1. The maximum atomic E-state index is 15.2. The number of aliphatic hydroxyl groups excluding tert-OH is 1. The standard InChI is InChI=1S/C55H63ClN7O7PS/c1-37(2)62-38(3)52(55(65)66)53(54(62)40-12-16-42(56)17-13-40)41-8-7-9-45(34-41)60-32-30-59(31-33-60)44-18-14-39(15-19-44)51-25-29-61(67)71(51,70)47-20-21-49(50(35-47)63(68)69)57-43(36-72-48-10-5-4-6-11-48)22-26-58-27-23-46(64)24-28-58/h4-21,34-35,37,43,46,51,57,64,67H,22-33,36H2,1-3H3,(H,65,66)/t43-,51?,71?/m1/s1. The molecule has 17 heteroatoms. The lowest BCUT2D eigenvalue weighted by molar-refractivity contribution is -0.383. The van der Waals surface area contributed by atoms with Crippen molar-refractivity contribution in [3.8, 4) is 22.4 Å². The molecule has 0 aliphatic carbocycles. The Labute approximate surface area is 430 Å². The number of rotatable bonds is 17. The van der Waals surface area contributed by atoms with Gasteiger partial charge < -0.3 is 40.0 Å². The molecule has 4 N–H and O–H groups in total. The molecule has 6 aromatic rings. The first-order chi connectivity index (χ1) is 34.7. The summed E-state index contributed by atoms with van der Waals surface area (Å²) in [6.07, 6.45) is 2.35. The molecule has 14 nitrogen and oxygen atoms in total. The Morgan fingerprint density at radius 1 is 0.833 bits per heavy atom. The highest BCUT2D eigenvalue weighted by atomic mass is 35.5. The number of benzene rings is 5. The van der Waals surface area contributed by atoms with E-state index in [4.69, 9.17) is 11.6 Å². The van der Waals surface area contributed by atoms with Gasteiger partial charge in [0.15, 0.2) is 0 Å². The van der Waals surface area contributed by atoms with Crippen LogP contribution in [0.5, 0.6) is 0 Å². The van der Waals surface area contributed by atoms with Gasteiger partial charge in [0.1, 0.15) is 5.69 Å². The van der Waals surface area contributed by atoms with Crippen molar-refractivity contribution in [2.45, 2.75) is 75.2 Å². The Bertz CT molecular complexity index is 2930. The van der Waals surface area contributed by atoms with E-state index in [1.54, 1.807) is 23.9 Å². The number of nitrogens with zero attached hydrogens (tertiary/aromatic N) is 6. The summed E-state index contributed by atoms with van der Waals surface area (Å²) in [4.78, 5) is 34.2. The largest absolute Gasteiger partial charge is 0.478 e. The maximum Gasteiger partial charge on any atom is 0.338 e. The first kappa shape index (κ1) is 51.3. The first-order valence-electron chi connectivity index (χ1n) is 24.8. The minimum atomic E-state index is -3.74. The summed E-state index contributed by atoms with van der Waals surface area (Å²) in [5, 5.41) is 49.0. The summed E-state index contributed by atoms with van der Waals surface area (Å²) in [5.41, 5.74) is 6.60. The number of piperazine rings is 1. The minimum absolute atomic E-state index is 0.0105. The predicted octanol–water partition coefficient (Wildman–Crippen LogP) is 11.5. The van der Waals surface area contributed by atoms with E-state index >= 15 is 4.57 Å². The molecule has 2 unspecified atom stereocenters. The second-order valence-corrected chi connectivity index (χ2v) is 23.8. The van der Waals surface area contributed by atoms with E-state index in [1.165, 1.54) is 6.07 Å². The van der Waals surface area contributed by atoms with Gasteiger partial charge in [0, 0.05) is 114 Å². The second kappa shape index (κ2) is 22.2. The van der Waals surface area contributed by atoms with Gasteiger partial charge in [0.2, 0.25) is 7.29 Å². The average Bonchev–Trinajstić information content (AvgIpc) is 3.88. The zero-order valence-electron chi connectivity index (χ0n) is 40.9. The monoisotopic (exact) mass is 1030 g/mol. The normalized spacial score (nSPS) is 19.5. The predicted molar refractivity (Wildman–Crippen MR) is 290 cm³/mol. The third-order valence-corrected chi connectivity index (χ3v) is 19.3. The Balaban J connectivity index is 0.897.